The summed E-state index contributed by atoms with van der Waals surface area (Å²) in [6.07, 6.45) is 4.23. The fourth-order valence-corrected chi connectivity index (χ4v) is 4.57. The summed E-state index contributed by atoms with van der Waals surface area (Å²) in [4.78, 5) is 11.7. The van der Waals surface area contributed by atoms with E-state index in [-0.39, 0.29) is 0 Å². The molecular weight excluding hydrogens is 390 g/mol. The van der Waals surface area contributed by atoms with Crippen LogP contribution in [0.2, 0.25) is 0 Å². The number of H-pyrrole nitrogens is 1. The highest BCUT2D eigenvalue weighted by Gasteiger charge is 2.25. The van der Waals surface area contributed by atoms with Crippen LogP contribution in [0.4, 0.5) is 11.4 Å². The molecule has 0 amide bonds. The van der Waals surface area contributed by atoms with Crippen molar-refractivity contribution >= 4 is 45.3 Å². The zero-order valence-corrected chi connectivity index (χ0v) is 17.4. The maximum absolute atomic E-state index is 5.26. The summed E-state index contributed by atoms with van der Waals surface area (Å²) in [5.74, 6) is 0.832. The van der Waals surface area contributed by atoms with Gasteiger partial charge in [-0.2, -0.15) is 0 Å². The first kappa shape index (κ1) is 18.6. The van der Waals surface area contributed by atoms with Crippen molar-refractivity contribution in [1.29, 1.82) is 0 Å². The molecule has 4 aromatic rings. The summed E-state index contributed by atoms with van der Waals surface area (Å²) < 4.78 is 5.26. The fraction of sp³-hybridized carbons (Fsp3) is 0.0800. The predicted molar refractivity (Wildman–Crippen MR) is 128 cm³/mol. The highest BCUT2D eigenvalue weighted by Crippen LogP contribution is 2.36. The Balaban J connectivity index is 1.49. The fourth-order valence-electron chi connectivity index (χ4n) is 3.51. The molecule has 0 radical (unpaired) electrons. The number of anilines is 1. The van der Waals surface area contributed by atoms with Gasteiger partial charge < -0.3 is 14.6 Å². The van der Waals surface area contributed by atoms with Gasteiger partial charge in [-0.25, -0.2) is 4.99 Å². The van der Waals surface area contributed by atoms with Gasteiger partial charge in [0.25, 0.3) is 0 Å². The van der Waals surface area contributed by atoms with E-state index in [0.29, 0.717) is 0 Å². The predicted octanol–water partition coefficient (Wildman–Crippen LogP) is 6.46. The van der Waals surface area contributed by atoms with Crippen LogP contribution < -0.4 is 9.64 Å². The van der Waals surface area contributed by atoms with E-state index in [1.165, 1.54) is 15.9 Å². The van der Waals surface area contributed by atoms with Crippen LogP contribution in [-0.2, 0) is 0 Å². The molecule has 0 aliphatic carbocycles. The quantitative estimate of drug-likeness (QED) is 0.419. The third kappa shape index (κ3) is 3.84. The van der Waals surface area contributed by atoms with E-state index in [1.54, 1.807) is 18.9 Å². The number of hydrogen-bond donors (Lipinski definition) is 1. The summed E-state index contributed by atoms with van der Waals surface area (Å²) in [5.41, 5.74) is 4.41. The minimum atomic E-state index is 0.800. The van der Waals surface area contributed by atoms with Crippen LogP contribution in [0, 0.1) is 0 Å². The molecule has 5 rings (SSSR count). The Kier molecular flexibility index (Phi) is 5.03. The van der Waals surface area contributed by atoms with E-state index >= 15 is 0 Å². The third-order valence-electron chi connectivity index (χ3n) is 5.04. The first-order valence-electron chi connectivity index (χ1n) is 9.79. The number of rotatable bonds is 4. The summed E-state index contributed by atoms with van der Waals surface area (Å²) >= 11 is 1.72. The second-order valence-electron chi connectivity index (χ2n) is 7.05. The normalized spacial score (nSPS) is 16.6. The molecule has 1 fully saturated rings. The topological polar surface area (TPSA) is 40.6 Å². The van der Waals surface area contributed by atoms with Crippen LogP contribution in [0.1, 0.15) is 5.56 Å². The third-order valence-corrected chi connectivity index (χ3v) is 6.04. The molecule has 1 saturated heterocycles. The average Bonchev–Trinajstić information content (AvgIpc) is 3.41. The van der Waals surface area contributed by atoms with Crippen LogP contribution in [-0.4, -0.2) is 23.8 Å². The molecule has 0 atom stereocenters. The van der Waals surface area contributed by atoms with E-state index in [4.69, 9.17) is 9.73 Å². The lowest BCUT2D eigenvalue weighted by molar-refractivity contribution is 0.415. The molecule has 148 valence electrons. The molecule has 3 aromatic carbocycles. The van der Waals surface area contributed by atoms with Crippen molar-refractivity contribution in [3.8, 4) is 5.75 Å². The Labute approximate surface area is 179 Å². The molecule has 0 bridgehead atoms. The van der Waals surface area contributed by atoms with Crippen molar-refractivity contribution in [3.63, 3.8) is 0 Å². The Bertz CT molecular complexity index is 1230. The molecule has 0 spiro atoms. The van der Waals surface area contributed by atoms with Crippen LogP contribution in [0.25, 0.3) is 17.0 Å². The lowest BCUT2D eigenvalue weighted by atomic mass is 10.1. The van der Waals surface area contributed by atoms with E-state index in [0.717, 1.165) is 34.4 Å². The number of thioether (sulfide) groups is 1. The molecule has 1 aromatic heterocycles. The van der Waals surface area contributed by atoms with E-state index in [1.807, 2.05) is 36.5 Å². The molecule has 1 aliphatic rings. The van der Waals surface area contributed by atoms with Gasteiger partial charge in [-0.15, -0.1) is 0 Å². The Hall–Kier alpha value is -3.44. The second-order valence-corrected chi connectivity index (χ2v) is 8.14. The number of ether oxygens (including phenoxy) is 1. The summed E-state index contributed by atoms with van der Waals surface area (Å²) in [6, 6.07) is 26.8. The van der Waals surface area contributed by atoms with Gasteiger partial charge in [-0.05, 0) is 71.6 Å². The van der Waals surface area contributed by atoms with Crippen molar-refractivity contribution in [1.82, 2.24) is 4.98 Å². The van der Waals surface area contributed by atoms with Crippen molar-refractivity contribution < 1.29 is 4.74 Å². The number of aromatic nitrogens is 1. The highest BCUT2D eigenvalue weighted by molar-refractivity contribution is 8.18. The lowest BCUT2D eigenvalue weighted by Gasteiger charge is -2.17. The molecule has 4 nitrogen and oxygen atoms in total. The molecule has 0 unspecified atom stereocenters. The molecule has 1 aliphatic heterocycles. The Morgan fingerprint density at radius 3 is 2.63 bits per heavy atom. The average molecular weight is 412 g/mol. The van der Waals surface area contributed by atoms with Gasteiger partial charge in [-0.3, -0.25) is 0 Å². The molecular formula is C25H21N3OS. The minimum Gasteiger partial charge on any atom is -0.497 e. The number of aromatic amines is 1. The molecule has 0 saturated carbocycles. The van der Waals surface area contributed by atoms with Crippen LogP contribution in [0.3, 0.4) is 0 Å². The number of para-hydroxylation sites is 1. The second kappa shape index (κ2) is 8.13. The van der Waals surface area contributed by atoms with Crippen molar-refractivity contribution in [2.24, 2.45) is 4.99 Å². The van der Waals surface area contributed by atoms with Crippen molar-refractivity contribution in [2.75, 3.05) is 18.6 Å². The number of nitrogens with one attached hydrogen (secondary N) is 1. The standard InChI is InChI=1S/C25H21N3OS/c1-29-22-10-8-20(9-11-22)27-25-28(21-5-3-2-4-6-21)17-23(30-25)16-18-7-12-24-19(15-18)13-14-26-24/h2-16,26H,17H2,1H3/b23-16-,27-25?. The molecule has 30 heavy (non-hydrogen) atoms. The summed E-state index contributed by atoms with van der Waals surface area (Å²) in [5, 5.41) is 2.19. The Morgan fingerprint density at radius 1 is 1.00 bits per heavy atom. The van der Waals surface area contributed by atoms with Gasteiger partial charge in [0, 0.05) is 22.3 Å². The summed E-state index contributed by atoms with van der Waals surface area (Å²) in [7, 11) is 1.67. The first-order chi connectivity index (χ1) is 14.8. The van der Waals surface area contributed by atoms with Gasteiger partial charge in [0.2, 0.25) is 0 Å². The number of hydrogen-bond acceptors (Lipinski definition) is 3. The van der Waals surface area contributed by atoms with Crippen LogP contribution in [0.5, 0.6) is 5.75 Å². The minimum absolute atomic E-state index is 0.800. The highest BCUT2D eigenvalue weighted by atomic mass is 32.2. The van der Waals surface area contributed by atoms with Gasteiger partial charge in [0.1, 0.15) is 5.75 Å². The smallest absolute Gasteiger partial charge is 0.173 e. The molecule has 5 heteroatoms. The van der Waals surface area contributed by atoms with E-state index in [9.17, 15) is 0 Å². The van der Waals surface area contributed by atoms with Gasteiger partial charge in [0.05, 0.1) is 19.3 Å². The number of methoxy groups -OCH3 is 1. The molecule has 2 heterocycles. The number of benzene rings is 3. The summed E-state index contributed by atoms with van der Waals surface area (Å²) in [6.45, 7) is 0.800. The lowest BCUT2D eigenvalue weighted by Crippen LogP contribution is -2.23. The maximum atomic E-state index is 5.26. The van der Waals surface area contributed by atoms with Gasteiger partial charge in [0.15, 0.2) is 5.17 Å². The van der Waals surface area contributed by atoms with Crippen LogP contribution >= 0.6 is 11.8 Å². The number of fused-ring (bicyclic) bond motifs is 1. The van der Waals surface area contributed by atoms with E-state index < -0.39 is 0 Å². The Morgan fingerprint density at radius 2 is 1.83 bits per heavy atom. The van der Waals surface area contributed by atoms with Gasteiger partial charge >= 0.3 is 0 Å². The SMILES string of the molecule is COc1ccc(N=C2S/C(=C\c3ccc4[nH]ccc4c3)CN2c2ccccc2)cc1. The number of aliphatic imine (C=N–C) groups is 1. The van der Waals surface area contributed by atoms with Gasteiger partial charge in [-0.1, -0.05) is 36.0 Å². The zero-order chi connectivity index (χ0) is 20.3. The number of amidine groups is 1. The largest absolute Gasteiger partial charge is 0.497 e. The molecule has 1 N–H and O–H groups in total. The van der Waals surface area contributed by atoms with E-state index in [2.05, 4.69) is 64.5 Å². The van der Waals surface area contributed by atoms with Crippen molar-refractivity contribution in [2.45, 2.75) is 0 Å². The maximum Gasteiger partial charge on any atom is 0.173 e. The van der Waals surface area contributed by atoms with Crippen molar-refractivity contribution in [3.05, 3.63) is 95.5 Å². The monoisotopic (exact) mass is 411 g/mol. The van der Waals surface area contributed by atoms with Crippen LogP contribution in [0.15, 0.2) is 95.0 Å². The number of nitrogens with zero attached hydrogens (tertiary/aromatic N) is 2. The zero-order valence-electron chi connectivity index (χ0n) is 16.6. The first-order valence-corrected chi connectivity index (χ1v) is 10.6.